The lowest BCUT2D eigenvalue weighted by Gasteiger charge is -2.27. The quantitative estimate of drug-likeness (QED) is 0.830. The molecule has 1 unspecified atom stereocenters. The highest BCUT2D eigenvalue weighted by Gasteiger charge is 2.12. The van der Waals surface area contributed by atoms with E-state index in [2.05, 4.69) is 37.7 Å². The molecule has 16 heavy (non-hydrogen) atoms. The Morgan fingerprint density at radius 1 is 1.31 bits per heavy atom. The Kier molecular flexibility index (Phi) is 4.74. The van der Waals surface area contributed by atoms with E-state index in [9.17, 15) is 0 Å². The molecule has 0 aliphatic rings. The molecule has 1 atom stereocenters. The van der Waals surface area contributed by atoms with Gasteiger partial charge < -0.3 is 10.6 Å². The lowest BCUT2D eigenvalue weighted by atomic mass is 10.0. The zero-order chi connectivity index (χ0) is 12.1. The molecule has 1 heterocycles. The molecular formula is C13H23N3. The van der Waals surface area contributed by atoms with E-state index >= 15 is 0 Å². The van der Waals surface area contributed by atoms with Crippen molar-refractivity contribution in [3.8, 4) is 0 Å². The van der Waals surface area contributed by atoms with Crippen molar-refractivity contribution in [2.45, 2.75) is 39.8 Å². The van der Waals surface area contributed by atoms with Gasteiger partial charge in [-0.3, -0.25) is 0 Å². The van der Waals surface area contributed by atoms with Gasteiger partial charge in [0, 0.05) is 25.8 Å². The summed E-state index contributed by atoms with van der Waals surface area (Å²) in [6.45, 7) is 7.28. The number of pyridine rings is 1. The average molecular weight is 221 g/mol. The van der Waals surface area contributed by atoms with Gasteiger partial charge >= 0.3 is 0 Å². The van der Waals surface area contributed by atoms with Gasteiger partial charge in [-0.05, 0) is 30.9 Å². The Bertz CT molecular complexity index is 305. The fourth-order valence-electron chi connectivity index (χ4n) is 1.81. The molecule has 0 saturated heterocycles. The number of aromatic nitrogens is 1. The van der Waals surface area contributed by atoms with Crippen LogP contribution in [0.5, 0.6) is 0 Å². The third kappa shape index (κ3) is 3.49. The summed E-state index contributed by atoms with van der Waals surface area (Å²) >= 11 is 0. The Hall–Kier alpha value is -1.09. The summed E-state index contributed by atoms with van der Waals surface area (Å²) in [6.07, 6.45) is 3.03. The first-order valence-corrected chi connectivity index (χ1v) is 5.92. The highest BCUT2D eigenvalue weighted by atomic mass is 15.2. The average Bonchev–Trinajstić information content (AvgIpc) is 2.27. The van der Waals surface area contributed by atoms with Crippen molar-refractivity contribution in [2.24, 2.45) is 11.7 Å². The summed E-state index contributed by atoms with van der Waals surface area (Å²) < 4.78 is 0. The van der Waals surface area contributed by atoms with E-state index in [-0.39, 0.29) is 0 Å². The molecule has 0 aromatic carbocycles. The number of rotatable bonds is 5. The first-order valence-electron chi connectivity index (χ1n) is 5.92. The normalized spacial score (nSPS) is 12.9. The maximum absolute atomic E-state index is 5.55. The van der Waals surface area contributed by atoms with Crippen LogP contribution >= 0.6 is 0 Å². The zero-order valence-corrected chi connectivity index (χ0v) is 10.8. The third-order valence-corrected chi connectivity index (χ3v) is 2.88. The van der Waals surface area contributed by atoms with E-state index < -0.39 is 0 Å². The van der Waals surface area contributed by atoms with Crippen LogP contribution < -0.4 is 10.6 Å². The van der Waals surface area contributed by atoms with Gasteiger partial charge in [-0.15, -0.1) is 0 Å². The summed E-state index contributed by atoms with van der Waals surface area (Å²) in [5.74, 6) is 1.73. The van der Waals surface area contributed by atoms with Crippen molar-refractivity contribution in [3.05, 3.63) is 23.9 Å². The number of hydrogen-bond donors (Lipinski definition) is 1. The van der Waals surface area contributed by atoms with Crippen LogP contribution in [0, 0.1) is 5.92 Å². The third-order valence-electron chi connectivity index (χ3n) is 2.88. The zero-order valence-electron chi connectivity index (χ0n) is 10.8. The van der Waals surface area contributed by atoms with Crippen LogP contribution in [0.2, 0.25) is 0 Å². The van der Waals surface area contributed by atoms with Crippen LogP contribution in [0.25, 0.3) is 0 Å². The number of anilines is 1. The van der Waals surface area contributed by atoms with Crippen LogP contribution in [0.1, 0.15) is 32.8 Å². The Morgan fingerprint density at radius 3 is 2.44 bits per heavy atom. The van der Waals surface area contributed by atoms with Crippen LogP contribution in [0.3, 0.4) is 0 Å². The van der Waals surface area contributed by atoms with Crippen molar-refractivity contribution < 1.29 is 0 Å². The maximum Gasteiger partial charge on any atom is 0.128 e. The van der Waals surface area contributed by atoms with E-state index in [0.29, 0.717) is 18.5 Å². The molecule has 3 heteroatoms. The molecule has 3 nitrogen and oxygen atoms in total. The molecular weight excluding hydrogens is 198 g/mol. The fraction of sp³-hybridized carbons (Fsp3) is 0.615. The lowest BCUT2D eigenvalue weighted by Crippen LogP contribution is -2.30. The first kappa shape index (κ1) is 13.0. The molecule has 0 aliphatic carbocycles. The summed E-state index contributed by atoms with van der Waals surface area (Å²) in [6, 6.07) is 4.59. The van der Waals surface area contributed by atoms with Gasteiger partial charge in [0.25, 0.3) is 0 Å². The van der Waals surface area contributed by atoms with Crippen LogP contribution in [-0.2, 0) is 6.54 Å². The summed E-state index contributed by atoms with van der Waals surface area (Å²) in [4.78, 5) is 6.65. The Labute approximate surface area is 98.7 Å². The van der Waals surface area contributed by atoms with Crippen molar-refractivity contribution >= 4 is 5.82 Å². The predicted molar refractivity (Wildman–Crippen MR) is 69.4 cm³/mol. The van der Waals surface area contributed by atoms with Crippen LogP contribution in [-0.4, -0.2) is 18.1 Å². The molecule has 0 fully saturated rings. The van der Waals surface area contributed by atoms with Crippen molar-refractivity contribution in [2.75, 3.05) is 11.9 Å². The molecule has 1 aromatic rings. The lowest BCUT2D eigenvalue weighted by molar-refractivity contribution is 0.502. The van der Waals surface area contributed by atoms with Gasteiger partial charge in [-0.2, -0.15) is 0 Å². The number of nitrogens with zero attached hydrogens (tertiary/aromatic N) is 2. The second-order valence-corrected chi connectivity index (χ2v) is 4.82. The molecule has 1 aromatic heterocycles. The van der Waals surface area contributed by atoms with Crippen LogP contribution in [0.4, 0.5) is 5.82 Å². The van der Waals surface area contributed by atoms with Gasteiger partial charge in [0.05, 0.1) is 0 Å². The molecule has 0 saturated carbocycles. The molecule has 0 spiro atoms. The topological polar surface area (TPSA) is 42.1 Å². The first-order chi connectivity index (χ1) is 7.54. The smallest absolute Gasteiger partial charge is 0.128 e. The molecule has 1 rings (SSSR count). The number of nitrogens with two attached hydrogens (primary N) is 1. The minimum atomic E-state index is 0.510. The molecule has 90 valence electrons. The van der Waals surface area contributed by atoms with Gasteiger partial charge in [0.2, 0.25) is 0 Å². The van der Waals surface area contributed by atoms with E-state index in [1.165, 1.54) is 6.42 Å². The highest BCUT2D eigenvalue weighted by molar-refractivity contribution is 5.39. The SMILES string of the molecule is CC(C)CC(C)N(C)c1ccc(CN)cn1. The summed E-state index contributed by atoms with van der Waals surface area (Å²) in [7, 11) is 2.09. The highest BCUT2D eigenvalue weighted by Crippen LogP contribution is 2.16. The standard InChI is InChI=1S/C13H23N3/c1-10(2)7-11(3)16(4)13-6-5-12(8-14)9-15-13/h5-6,9-11H,7-8,14H2,1-4H3. The molecule has 2 N–H and O–H groups in total. The molecule has 0 radical (unpaired) electrons. The number of hydrogen-bond acceptors (Lipinski definition) is 3. The second kappa shape index (κ2) is 5.85. The van der Waals surface area contributed by atoms with Gasteiger partial charge in [0.15, 0.2) is 0 Å². The van der Waals surface area contributed by atoms with E-state index in [1.807, 2.05) is 18.3 Å². The van der Waals surface area contributed by atoms with Gasteiger partial charge in [-0.1, -0.05) is 19.9 Å². The largest absolute Gasteiger partial charge is 0.357 e. The van der Waals surface area contributed by atoms with E-state index in [0.717, 1.165) is 11.4 Å². The minimum absolute atomic E-state index is 0.510. The van der Waals surface area contributed by atoms with E-state index in [4.69, 9.17) is 5.73 Å². The summed E-state index contributed by atoms with van der Waals surface area (Å²) in [5.41, 5.74) is 6.63. The van der Waals surface area contributed by atoms with Crippen molar-refractivity contribution in [3.63, 3.8) is 0 Å². The monoisotopic (exact) mass is 221 g/mol. The predicted octanol–water partition coefficient (Wildman–Crippen LogP) is 2.41. The summed E-state index contributed by atoms with van der Waals surface area (Å²) in [5, 5.41) is 0. The molecule has 0 amide bonds. The second-order valence-electron chi connectivity index (χ2n) is 4.82. The van der Waals surface area contributed by atoms with Gasteiger partial charge in [0.1, 0.15) is 5.82 Å². The Balaban J connectivity index is 2.67. The maximum atomic E-state index is 5.55. The van der Waals surface area contributed by atoms with Crippen molar-refractivity contribution in [1.82, 2.24) is 4.98 Å². The Morgan fingerprint density at radius 2 is 2.00 bits per heavy atom. The van der Waals surface area contributed by atoms with Crippen molar-refractivity contribution in [1.29, 1.82) is 0 Å². The minimum Gasteiger partial charge on any atom is -0.357 e. The fourth-order valence-corrected chi connectivity index (χ4v) is 1.81. The van der Waals surface area contributed by atoms with E-state index in [1.54, 1.807) is 0 Å². The van der Waals surface area contributed by atoms with Gasteiger partial charge in [-0.25, -0.2) is 4.98 Å². The molecule has 0 bridgehead atoms. The van der Waals surface area contributed by atoms with Crippen LogP contribution in [0.15, 0.2) is 18.3 Å². The molecule has 0 aliphatic heterocycles.